The Morgan fingerprint density at radius 1 is 1.25 bits per heavy atom. The van der Waals surface area contributed by atoms with Gasteiger partial charge in [-0.2, -0.15) is 0 Å². The Morgan fingerprint density at radius 3 is 2.50 bits per heavy atom. The molecule has 1 unspecified atom stereocenters. The normalized spacial score (nSPS) is 29.0. The molecule has 16 heavy (non-hydrogen) atoms. The Kier molecular flexibility index (Phi) is 3.78. The second-order valence-electron chi connectivity index (χ2n) is 4.84. The number of nitrogens with zero attached hydrogens (tertiary/aromatic N) is 3. The lowest BCUT2D eigenvalue weighted by Crippen LogP contribution is -2.47. The van der Waals surface area contributed by atoms with Crippen LogP contribution >= 0.6 is 0 Å². The summed E-state index contributed by atoms with van der Waals surface area (Å²) in [5.74, 6) is 0.0987. The molecule has 0 aromatic carbocycles. The van der Waals surface area contributed by atoms with Gasteiger partial charge in [0.1, 0.15) is 0 Å². The third-order valence-electron chi connectivity index (χ3n) is 3.48. The van der Waals surface area contributed by atoms with Crippen molar-refractivity contribution in [2.45, 2.75) is 12.5 Å². The topological polar surface area (TPSA) is 47.0 Å². The summed E-state index contributed by atoms with van der Waals surface area (Å²) in [5, 5.41) is 9.36. The molecule has 1 amide bonds. The molecule has 0 saturated carbocycles. The van der Waals surface area contributed by atoms with Gasteiger partial charge in [-0.15, -0.1) is 0 Å². The van der Waals surface area contributed by atoms with Gasteiger partial charge in [0.15, 0.2) is 0 Å². The van der Waals surface area contributed by atoms with Crippen molar-refractivity contribution in [1.29, 1.82) is 0 Å². The van der Waals surface area contributed by atoms with Crippen LogP contribution in [0.3, 0.4) is 0 Å². The van der Waals surface area contributed by atoms with Crippen molar-refractivity contribution < 1.29 is 9.90 Å². The van der Waals surface area contributed by atoms with Crippen LogP contribution in [0, 0.1) is 0 Å². The standard InChI is InChI=1S/C11H21N3O2/c1-12-2-4-13(5-3-12)6-7-14-9-10(15)8-11(14)16/h10,15H,2-9H2,1H3. The van der Waals surface area contributed by atoms with Crippen LogP contribution in [0.4, 0.5) is 0 Å². The van der Waals surface area contributed by atoms with Crippen molar-refractivity contribution >= 4 is 5.91 Å². The van der Waals surface area contributed by atoms with E-state index in [-0.39, 0.29) is 5.91 Å². The highest BCUT2D eigenvalue weighted by atomic mass is 16.3. The van der Waals surface area contributed by atoms with Gasteiger partial charge in [0, 0.05) is 45.8 Å². The van der Waals surface area contributed by atoms with Crippen molar-refractivity contribution in [3.8, 4) is 0 Å². The zero-order chi connectivity index (χ0) is 11.5. The summed E-state index contributed by atoms with van der Waals surface area (Å²) < 4.78 is 0. The molecule has 2 fully saturated rings. The maximum Gasteiger partial charge on any atom is 0.225 e. The fourth-order valence-corrected chi connectivity index (χ4v) is 2.30. The fraction of sp³-hybridized carbons (Fsp3) is 0.909. The molecule has 1 atom stereocenters. The molecular formula is C11H21N3O2. The molecule has 0 bridgehead atoms. The van der Waals surface area contributed by atoms with Gasteiger partial charge < -0.3 is 14.9 Å². The number of hydrogen-bond donors (Lipinski definition) is 1. The van der Waals surface area contributed by atoms with Crippen LogP contribution in [0.15, 0.2) is 0 Å². The number of carbonyl (C=O) groups excluding carboxylic acids is 1. The average molecular weight is 227 g/mol. The minimum Gasteiger partial charge on any atom is -0.391 e. The van der Waals surface area contributed by atoms with E-state index in [0.717, 1.165) is 39.3 Å². The van der Waals surface area contributed by atoms with Gasteiger partial charge in [0.25, 0.3) is 0 Å². The third-order valence-corrected chi connectivity index (χ3v) is 3.48. The van der Waals surface area contributed by atoms with E-state index >= 15 is 0 Å². The first kappa shape index (κ1) is 11.8. The number of rotatable bonds is 3. The van der Waals surface area contributed by atoms with Crippen LogP contribution in [0.1, 0.15) is 6.42 Å². The summed E-state index contributed by atoms with van der Waals surface area (Å²) in [6, 6.07) is 0. The van der Waals surface area contributed by atoms with Crippen molar-refractivity contribution in [2.24, 2.45) is 0 Å². The van der Waals surface area contributed by atoms with Crippen LogP contribution in [0.2, 0.25) is 0 Å². The maximum absolute atomic E-state index is 11.4. The van der Waals surface area contributed by atoms with Gasteiger partial charge in [-0.25, -0.2) is 0 Å². The molecule has 92 valence electrons. The predicted molar refractivity (Wildman–Crippen MR) is 61.1 cm³/mol. The second kappa shape index (κ2) is 5.12. The smallest absolute Gasteiger partial charge is 0.225 e. The Morgan fingerprint density at radius 2 is 1.94 bits per heavy atom. The average Bonchev–Trinajstić information content (AvgIpc) is 2.57. The summed E-state index contributed by atoms with van der Waals surface area (Å²) in [5.41, 5.74) is 0. The van der Waals surface area contributed by atoms with E-state index in [4.69, 9.17) is 0 Å². The molecule has 2 saturated heterocycles. The first-order valence-corrected chi connectivity index (χ1v) is 6.02. The van der Waals surface area contributed by atoms with Gasteiger partial charge in [0.05, 0.1) is 12.5 Å². The molecule has 2 rings (SSSR count). The Labute approximate surface area is 96.6 Å². The Hall–Kier alpha value is -0.650. The number of aliphatic hydroxyl groups excluding tert-OH is 1. The number of likely N-dealkylation sites (tertiary alicyclic amines) is 1. The highest BCUT2D eigenvalue weighted by Crippen LogP contribution is 2.10. The van der Waals surface area contributed by atoms with Crippen LogP contribution in [0.25, 0.3) is 0 Å². The van der Waals surface area contributed by atoms with Gasteiger partial charge in [-0.1, -0.05) is 0 Å². The van der Waals surface area contributed by atoms with Crippen molar-refractivity contribution in [1.82, 2.24) is 14.7 Å². The van der Waals surface area contributed by atoms with Gasteiger partial charge in [-0.3, -0.25) is 9.69 Å². The van der Waals surface area contributed by atoms with E-state index in [9.17, 15) is 9.90 Å². The summed E-state index contributed by atoms with van der Waals surface area (Å²) in [7, 11) is 2.14. The zero-order valence-corrected chi connectivity index (χ0v) is 9.93. The van der Waals surface area contributed by atoms with Crippen molar-refractivity contribution in [2.75, 3.05) is 52.9 Å². The molecule has 5 nitrogen and oxygen atoms in total. The van der Waals surface area contributed by atoms with E-state index in [1.165, 1.54) is 0 Å². The van der Waals surface area contributed by atoms with Crippen LogP contribution in [0.5, 0.6) is 0 Å². The van der Waals surface area contributed by atoms with E-state index in [1.807, 2.05) is 0 Å². The molecule has 0 aromatic rings. The molecular weight excluding hydrogens is 206 g/mol. The zero-order valence-electron chi connectivity index (χ0n) is 9.93. The molecule has 5 heteroatoms. The molecule has 1 N–H and O–H groups in total. The predicted octanol–water partition coefficient (Wildman–Crippen LogP) is -1.17. The number of likely N-dealkylation sites (N-methyl/N-ethyl adjacent to an activating group) is 1. The van der Waals surface area contributed by atoms with Crippen LogP contribution in [-0.2, 0) is 4.79 Å². The van der Waals surface area contributed by atoms with Crippen LogP contribution < -0.4 is 0 Å². The quantitative estimate of drug-likeness (QED) is 0.660. The number of aliphatic hydroxyl groups is 1. The maximum atomic E-state index is 11.4. The summed E-state index contributed by atoms with van der Waals surface area (Å²) in [6.45, 7) is 6.60. The molecule has 2 aliphatic heterocycles. The Balaban J connectivity index is 1.69. The van der Waals surface area contributed by atoms with Gasteiger partial charge in [-0.05, 0) is 7.05 Å². The van der Waals surface area contributed by atoms with Crippen molar-refractivity contribution in [3.63, 3.8) is 0 Å². The van der Waals surface area contributed by atoms with Gasteiger partial charge in [0.2, 0.25) is 5.91 Å². The first-order valence-electron chi connectivity index (χ1n) is 6.02. The lowest BCUT2D eigenvalue weighted by atomic mass is 10.3. The van der Waals surface area contributed by atoms with E-state index in [1.54, 1.807) is 4.90 Å². The minimum absolute atomic E-state index is 0.0987. The van der Waals surface area contributed by atoms with E-state index in [2.05, 4.69) is 16.8 Å². The molecule has 2 heterocycles. The summed E-state index contributed by atoms with van der Waals surface area (Å²) in [4.78, 5) is 17.9. The first-order chi connectivity index (χ1) is 7.65. The second-order valence-corrected chi connectivity index (χ2v) is 4.84. The van der Waals surface area contributed by atoms with Crippen molar-refractivity contribution in [3.05, 3.63) is 0 Å². The molecule has 0 aliphatic carbocycles. The number of piperazine rings is 1. The largest absolute Gasteiger partial charge is 0.391 e. The number of amides is 1. The number of β-amino-alcohol motifs (C(OH)–C–C–N with tert-alkyl or cyclic N) is 1. The fourth-order valence-electron chi connectivity index (χ4n) is 2.30. The van der Waals surface area contributed by atoms with E-state index < -0.39 is 6.10 Å². The summed E-state index contributed by atoms with van der Waals surface area (Å²) >= 11 is 0. The Bertz CT molecular complexity index is 252. The van der Waals surface area contributed by atoms with E-state index in [0.29, 0.717) is 13.0 Å². The lowest BCUT2D eigenvalue weighted by molar-refractivity contribution is -0.128. The molecule has 2 aliphatic rings. The van der Waals surface area contributed by atoms with Gasteiger partial charge >= 0.3 is 0 Å². The lowest BCUT2D eigenvalue weighted by Gasteiger charge is -2.33. The number of hydrogen-bond acceptors (Lipinski definition) is 4. The third kappa shape index (κ3) is 2.93. The SMILES string of the molecule is CN1CCN(CCN2CC(O)CC2=O)CC1. The molecule has 0 aromatic heterocycles. The minimum atomic E-state index is -0.444. The highest BCUT2D eigenvalue weighted by Gasteiger charge is 2.28. The molecule has 0 spiro atoms. The molecule has 0 radical (unpaired) electrons. The summed E-state index contributed by atoms with van der Waals surface area (Å²) in [6.07, 6.45) is -0.136. The number of carbonyl (C=O) groups is 1. The van der Waals surface area contributed by atoms with Crippen LogP contribution in [-0.4, -0.2) is 84.7 Å². The highest BCUT2D eigenvalue weighted by molar-refractivity contribution is 5.78. The monoisotopic (exact) mass is 227 g/mol.